The number of phenols is 1. The van der Waals surface area contributed by atoms with Crippen LogP contribution in [0, 0.1) is 0 Å². The first-order chi connectivity index (χ1) is 9.13. The maximum atomic E-state index is 9.91. The smallest absolute Gasteiger partial charge is 0.138 e. The predicted molar refractivity (Wildman–Crippen MR) is 78.0 cm³/mol. The third kappa shape index (κ3) is 3.16. The first-order valence-electron chi connectivity index (χ1n) is 6.78. The maximum Gasteiger partial charge on any atom is 0.138 e. The minimum atomic E-state index is 0.135. The van der Waals surface area contributed by atoms with Crippen molar-refractivity contribution in [2.24, 2.45) is 0 Å². The number of halogens is 2. The first-order valence-corrected chi connectivity index (χ1v) is 7.53. The van der Waals surface area contributed by atoms with E-state index < -0.39 is 0 Å². The summed E-state index contributed by atoms with van der Waals surface area (Å²) in [5.41, 5.74) is 0.766. The number of rotatable bonds is 4. The molecule has 104 valence electrons. The second kappa shape index (κ2) is 5.49. The van der Waals surface area contributed by atoms with Crippen LogP contribution < -0.4 is 5.32 Å². The van der Waals surface area contributed by atoms with E-state index in [1.165, 1.54) is 25.8 Å². The molecule has 1 saturated carbocycles. The van der Waals surface area contributed by atoms with Gasteiger partial charge in [0, 0.05) is 42.3 Å². The third-order valence-corrected chi connectivity index (χ3v) is 4.48. The Morgan fingerprint density at radius 1 is 1.26 bits per heavy atom. The lowest BCUT2D eigenvalue weighted by atomic mass is 10.1. The standard InChI is InChI=1S/C14H18Cl2N2O/c15-10-5-9(14(19)13(16)6-10)7-17-11-3-4-18(8-11)12-1-2-12/h5-6,11-12,17,19H,1-4,7-8H2. The van der Waals surface area contributed by atoms with E-state index in [2.05, 4.69) is 10.2 Å². The molecule has 0 amide bonds. The normalized spacial score (nSPS) is 24.0. The van der Waals surface area contributed by atoms with E-state index in [0.29, 0.717) is 22.6 Å². The van der Waals surface area contributed by atoms with Gasteiger partial charge >= 0.3 is 0 Å². The van der Waals surface area contributed by atoms with Crippen molar-refractivity contribution in [2.45, 2.75) is 37.9 Å². The first kappa shape index (κ1) is 13.5. The molecule has 2 N–H and O–H groups in total. The molecule has 1 aromatic carbocycles. The van der Waals surface area contributed by atoms with Crippen LogP contribution >= 0.6 is 23.2 Å². The Bertz CT molecular complexity index is 477. The molecule has 2 fully saturated rings. The van der Waals surface area contributed by atoms with Crippen LogP contribution in [0.25, 0.3) is 0 Å². The highest BCUT2D eigenvalue weighted by Crippen LogP contribution is 2.32. The maximum absolute atomic E-state index is 9.91. The van der Waals surface area contributed by atoms with Crippen LogP contribution in [0.2, 0.25) is 10.0 Å². The topological polar surface area (TPSA) is 35.5 Å². The summed E-state index contributed by atoms with van der Waals surface area (Å²) >= 11 is 11.9. The molecule has 1 aromatic rings. The van der Waals surface area contributed by atoms with Crippen LogP contribution in [0.1, 0.15) is 24.8 Å². The number of benzene rings is 1. The number of aromatic hydroxyl groups is 1. The molecule has 1 unspecified atom stereocenters. The van der Waals surface area contributed by atoms with Gasteiger partial charge in [-0.3, -0.25) is 4.90 Å². The van der Waals surface area contributed by atoms with Gasteiger partial charge < -0.3 is 10.4 Å². The van der Waals surface area contributed by atoms with Gasteiger partial charge in [0.15, 0.2) is 0 Å². The van der Waals surface area contributed by atoms with Crippen LogP contribution in [0.15, 0.2) is 12.1 Å². The summed E-state index contributed by atoms with van der Waals surface area (Å²) in [6.45, 7) is 2.90. The average Bonchev–Trinajstić information content (AvgIpc) is 3.12. The van der Waals surface area contributed by atoms with Crippen molar-refractivity contribution >= 4 is 23.2 Å². The van der Waals surface area contributed by atoms with E-state index in [9.17, 15) is 5.11 Å². The molecule has 1 heterocycles. The van der Waals surface area contributed by atoms with Crippen molar-refractivity contribution in [3.8, 4) is 5.75 Å². The second-order valence-electron chi connectivity index (χ2n) is 5.49. The van der Waals surface area contributed by atoms with Crippen LogP contribution in [0.4, 0.5) is 0 Å². The van der Waals surface area contributed by atoms with E-state index in [-0.39, 0.29) is 5.75 Å². The van der Waals surface area contributed by atoms with Gasteiger partial charge in [-0.15, -0.1) is 0 Å². The van der Waals surface area contributed by atoms with Gasteiger partial charge in [0.1, 0.15) is 5.75 Å². The summed E-state index contributed by atoms with van der Waals surface area (Å²) < 4.78 is 0. The Hall–Kier alpha value is -0.480. The highest BCUT2D eigenvalue weighted by Gasteiger charge is 2.34. The van der Waals surface area contributed by atoms with E-state index in [1.54, 1.807) is 12.1 Å². The molecule has 1 aliphatic heterocycles. The van der Waals surface area contributed by atoms with Crippen LogP contribution in [-0.2, 0) is 6.54 Å². The van der Waals surface area contributed by atoms with Crippen molar-refractivity contribution in [1.82, 2.24) is 10.2 Å². The number of phenolic OH excluding ortho intramolecular Hbond substituents is 1. The molecule has 3 rings (SSSR count). The highest BCUT2D eigenvalue weighted by molar-refractivity contribution is 6.35. The van der Waals surface area contributed by atoms with Crippen LogP contribution in [0.3, 0.4) is 0 Å². The minimum Gasteiger partial charge on any atom is -0.506 e. The molecule has 0 spiro atoms. The molecule has 3 nitrogen and oxygen atoms in total. The van der Waals surface area contributed by atoms with E-state index in [0.717, 1.165) is 18.2 Å². The zero-order valence-corrected chi connectivity index (χ0v) is 12.2. The fraction of sp³-hybridized carbons (Fsp3) is 0.571. The summed E-state index contributed by atoms with van der Waals surface area (Å²) in [5, 5.41) is 14.3. The SMILES string of the molecule is Oc1c(Cl)cc(Cl)cc1CNC1CCN(C2CC2)C1. The molecule has 1 saturated heterocycles. The summed E-state index contributed by atoms with van der Waals surface area (Å²) in [7, 11) is 0. The zero-order chi connectivity index (χ0) is 13.4. The summed E-state index contributed by atoms with van der Waals surface area (Å²) in [5.74, 6) is 0.135. The second-order valence-corrected chi connectivity index (χ2v) is 6.33. The van der Waals surface area contributed by atoms with Gasteiger partial charge in [0.05, 0.1) is 5.02 Å². The molecule has 5 heteroatoms. The third-order valence-electron chi connectivity index (χ3n) is 3.97. The van der Waals surface area contributed by atoms with E-state index in [4.69, 9.17) is 23.2 Å². The fourth-order valence-electron chi connectivity index (χ4n) is 2.73. The van der Waals surface area contributed by atoms with E-state index in [1.807, 2.05) is 0 Å². The molecule has 19 heavy (non-hydrogen) atoms. The van der Waals surface area contributed by atoms with Crippen LogP contribution in [0.5, 0.6) is 5.75 Å². The molecule has 2 aliphatic rings. The largest absolute Gasteiger partial charge is 0.506 e. The molecule has 0 bridgehead atoms. The lowest BCUT2D eigenvalue weighted by Gasteiger charge is -2.16. The molecule has 1 atom stereocenters. The van der Waals surface area contributed by atoms with Crippen LogP contribution in [-0.4, -0.2) is 35.2 Å². The minimum absolute atomic E-state index is 0.135. The van der Waals surface area contributed by atoms with Gasteiger partial charge in [-0.1, -0.05) is 23.2 Å². The lowest BCUT2D eigenvalue weighted by Crippen LogP contribution is -2.32. The van der Waals surface area contributed by atoms with Crippen molar-refractivity contribution in [2.75, 3.05) is 13.1 Å². The summed E-state index contributed by atoms with van der Waals surface area (Å²) in [6, 6.07) is 4.66. The number of nitrogens with zero attached hydrogens (tertiary/aromatic N) is 1. The predicted octanol–water partition coefficient (Wildman–Crippen LogP) is 3.03. The Balaban J connectivity index is 1.57. The van der Waals surface area contributed by atoms with Crippen molar-refractivity contribution < 1.29 is 5.11 Å². The quantitative estimate of drug-likeness (QED) is 0.897. The summed E-state index contributed by atoms with van der Waals surface area (Å²) in [6.07, 6.45) is 3.89. The average molecular weight is 301 g/mol. The Morgan fingerprint density at radius 3 is 2.79 bits per heavy atom. The Kier molecular flexibility index (Phi) is 3.90. The van der Waals surface area contributed by atoms with E-state index >= 15 is 0 Å². The molecule has 0 aromatic heterocycles. The number of likely N-dealkylation sites (tertiary alicyclic amines) is 1. The van der Waals surface area contributed by atoms with Gasteiger partial charge in [-0.05, 0) is 31.4 Å². The monoisotopic (exact) mass is 300 g/mol. The Labute approximate surface area is 123 Å². The number of hydrogen-bond acceptors (Lipinski definition) is 3. The molecule has 0 radical (unpaired) electrons. The number of nitrogens with one attached hydrogen (secondary N) is 1. The summed E-state index contributed by atoms with van der Waals surface area (Å²) in [4.78, 5) is 2.56. The van der Waals surface area contributed by atoms with Gasteiger partial charge in [-0.2, -0.15) is 0 Å². The molecule has 1 aliphatic carbocycles. The Morgan fingerprint density at radius 2 is 2.05 bits per heavy atom. The van der Waals surface area contributed by atoms with Crippen molar-refractivity contribution in [3.05, 3.63) is 27.7 Å². The van der Waals surface area contributed by atoms with Gasteiger partial charge in [0.25, 0.3) is 0 Å². The zero-order valence-electron chi connectivity index (χ0n) is 10.7. The van der Waals surface area contributed by atoms with Gasteiger partial charge in [0.2, 0.25) is 0 Å². The fourth-order valence-corrected chi connectivity index (χ4v) is 3.27. The lowest BCUT2D eigenvalue weighted by molar-refractivity contribution is 0.317. The van der Waals surface area contributed by atoms with Gasteiger partial charge in [-0.25, -0.2) is 0 Å². The molecular weight excluding hydrogens is 283 g/mol. The number of hydrogen-bond donors (Lipinski definition) is 2. The van der Waals surface area contributed by atoms with Crippen molar-refractivity contribution in [3.63, 3.8) is 0 Å². The van der Waals surface area contributed by atoms with Crippen molar-refractivity contribution in [1.29, 1.82) is 0 Å². The molecular formula is C14H18Cl2N2O. The highest BCUT2D eigenvalue weighted by atomic mass is 35.5.